The van der Waals surface area contributed by atoms with E-state index in [4.69, 9.17) is 5.73 Å². The molecular weight excluding hydrogens is 230 g/mol. The molecule has 0 aliphatic rings. The van der Waals surface area contributed by atoms with Gasteiger partial charge in [0.05, 0.1) is 12.7 Å². The quantitative estimate of drug-likeness (QED) is 0.782. The fourth-order valence-electron chi connectivity index (χ4n) is 1.57. The number of carbonyl (C=O) groups excluding carboxylic acids is 1. The van der Waals surface area contributed by atoms with Crippen LogP contribution in [0, 0.1) is 0 Å². The maximum Gasteiger partial charge on any atom is 0.241 e. The lowest BCUT2D eigenvalue weighted by molar-refractivity contribution is -0.122. The van der Waals surface area contributed by atoms with Gasteiger partial charge in [0.25, 0.3) is 0 Å². The molecule has 0 unspecified atom stereocenters. The average molecular weight is 245 g/mol. The highest BCUT2D eigenvalue weighted by molar-refractivity contribution is 5.82. The van der Waals surface area contributed by atoms with Crippen molar-refractivity contribution >= 4 is 5.91 Å². The fourth-order valence-corrected chi connectivity index (χ4v) is 1.57. The van der Waals surface area contributed by atoms with Crippen molar-refractivity contribution in [3.8, 4) is 0 Å². The molecular formula is C12H15N5O. The van der Waals surface area contributed by atoms with E-state index in [1.165, 1.54) is 0 Å². The van der Waals surface area contributed by atoms with Crippen molar-refractivity contribution < 1.29 is 4.79 Å². The number of hydrogen-bond donors (Lipinski definition) is 2. The summed E-state index contributed by atoms with van der Waals surface area (Å²) in [5.41, 5.74) is 6.65. The van der Waals surface area contributed by atoms with Gasteiger partial charge in [0.2, 0.25) is 5.91 Å². The second kappa shape index (κ2) is 5.92. The van der Waals surface area contributed by atoms with Gasteiger partial charge < -0.3 is 11.1 Å². The highest BCUT2D eigenvalue weighted by Gasteiger charge is 2.14. The molecule has 1 amide bonds. The summed E-state index contributed by atoms with van der Waals surface area (Å²) in [6.07, 6.45) is 3.33. The average Bonchev–Trinajstić information content (AvgIpc) is 2.92. The first kappa shape index (κ1) is 12.3. The zero-order chi connectivity index (χ0) is 12.8. The smallest absolute Gasteiger partial charge is 0.241 e. The van der Waals surface area contributed by atoms with Gasteiger partial charge in [0.15, 0.2) is 0 Å². The Kier molecular flexibility index (Phi) is 4.03. The molecule has 3 N–H and O–H groups in total. The van der Waals surface area contributed by atoms with E-state index in [1.54, 1.807) is 17.1 Å². The number of nitrogens with zero attached hydrogens (tertiary/aromatic N) is 3. The van der Waals surface area contributed by atoms with Gasteiger partial charge in [-0.05, 0) is 5.56 Å². The van der Waals surface area contributed by atoms with E-state index in [0.29, 0.717) is 13.1 Å². The van der Waals surface area contributed by atoms with Crippen LogP contribution in [0.4, 0.5) is 0 Å². The predicted molar refractivity (Wildman–Crippen MR) is 66.4 cm³/mol. The van der Waals surface area contributed by atoms with Crippen molar-refractivity contribution in [2.24, 2.45) is 5.73 Å². The Labute approximate surface area is 105 Å². The van der Waals surface area contributed by atoms with Crippen molar-refractivity contribution in [1.82, 2.24) is 20.3 Å². The van der Waals surface area contributed by atoms with Crippen LogP contribution in [0.25, 0.3) is 0 Å². The maximum atomic E-state index is 11.8. The molecule has 1 heterocycles. The molecule has 0 bridgehead atoms. The second-order valence-corrected chi connectivity index (χ2v) is 3.85. The maximum absolute atomic E-state index is 11.8. The third-order valence-corrected chi connectivity index (χ3v) is 2.55. The largest absolute Gasteiger partial charge is 0.353 e. The van der Waals surface area contributed by atoms with Gasteiger partial charge in [-0.2, -0.15) is 0 Å². The molecule has 0 fully saturated rings. The van der Waals surface area contributed by atoms with Crippen LogP contribution in [0.5, 0.6) is 0 Å². The minimum atomic E-state index is -0.637. The summed E-state index contributed by atoms with van der Waals surface area (Å²) in [5.74, 6) is -0.193. The van der Waals surface area contributed by atoms with Crippen LogP contribution in [0.1, 0.15) is 11.6 Å². The summed E-state index contributed by atoms with van der Waals surface area (Å²) in [6.45, 7) is 1.05. The van der Waals surface area contributed by atoms with E-state index in [-0.39, 0.29) is 5.91 Å². The van der Waals surface area contributed by atoms with Crippen LogP contribution >= 0.6 is 0 Å². The molecule has 6 heteroatoms. The molecule has 1 aromatic carbocycles. The monoisotopic (exact) mass is 245 g/mol. The Morgan fingerprint density at radius 1 is 1.39 bits per heavy atom. The Bertz CT molecular complexity index is 482. The molecule has 0 radical (unpaired) electrons. The molecule has 2 rings (SSSR count). The van der Waals surface area contributed by atoms with Crippen LogP contribution in [-0.4, -0.2) is 27.4 Å². The third kappa shape index (κ3) is 3.14. The first-order valence-corrected chi connectivity index (χ1v) is 5.70. The molecule has 0 aliphatic carbocycles. The van der Waals surface area contributed by atoms with Crippen LogP contribution in [-0.2, 0) is 11.3 Å². The molecule has 0 aliphatic heterocycles. The second-order valence-electron chi connectivity index (χ2n) is 3.85. The van der Waals surface area contributed by atoms with Crippen molar-refractivity contribution in [2.75, 3.05) is 6.54 Å². The van der Waals surface area contributed by atoms with E-state index in [2.05, 4.69) is 15.6 Å². The topological polar surface area (TPSA) is 85.8 Å². The number of aromatic nitrogens is 3. The van der Waals surface area contributed by atoms with Crippen LogP contribution in [0.3, 0.4) is 0 Å². The molecule has 1 atom stereocenters. The van der Waals surface area contributed by atoms with Crippen molar-refractivity contribution in [1.29, 1.82) is 0 Å². The molecule has 2 aromatic rings. The van der Waals surface area contributed by atoms with Crippen LogP contribution < -0.4 is 11.1 Å². The van der Waals surface area contributed by atoms with Crippen LogP contribution in [0.15, 0.2) is 42.7 Å². The molecule has 6 nitrogen and oxygen atoms in total. The van der Waals surface area contributed by atoms with E-state index < -0.39 is 6.04 Å². The van der Waals surface area contributed by atoms with Gasteiger partial charge in [-0.3, -0.25) is 9.48 Å². The van der Waals surface area contributed by atoms with Gasteiger partial charge in [-0.25, -0.2) is 0 Å². The highest BCUT2D eigenvalue weighted by atomic mass is 16.2. The minimum Gasteiger partial charge on any atom is -0.353 e. The third-order valence-electron chi connectivity index (χ3n) is 2.55. The highest BCUT2D eigenvalue weighted by Crippen LogP contribution is 2.08. The summed E-state index contributed by atoms with van der Waals surface area (Å²) in [6, 6.07) is 8.64. The van der Waals surface area contributed by atoms with Gasteiger partial charge in [0, 0.05) is 12.7 Å². The van der Waals surface area contributed by atoms with E-state index >= 15 is 0 Å². The first-order valence-electron chi connectivity index (χ1n) is 5.70. The molecule has 0 spiro atoms. The number of amides is 1. The summed E-state index contributed by atoms with van der Waals surface area (Å²) in [5, 5.41) is 10.2. The lowest BCUT2D eigenvalue weighted by atomic mass is 10.1. The predicted octanol–water partition coefficient (Wildman–Crippen LogP) is 0.0943. The summed E-state index contributed by atoms with van der Waals surface area (Å²) < 4.78 is 1.65. The summed E-state index contributed by atoms with van der Waals surface area (Å²) in [4.78, 5) is 11.8. The lowest BCUT2D eigenvalue weighted by Crippen LogP contribution is -2.35. The molecule has 94 valence electrons. The van der Waals surface area contributed by atoms with Crippen molar-refractivity contribution in [3.05, 3.63) is 48.3 Å². The number of nitrogens with two attached hydrogens (primary N) is 1. The first-order chi connectivity index (χ1) is 8.77. The molecule has 1 aromatic heterocycles. The zero-order valence-electron chi connectivity index (χ0n) is 9.86. The van der Waals surface area contributed by atoms with E-state index in [0.717, 1.165) is 5.56 Å². The van der Waals surface area contributed by atoms with Crippen LogP contribution in [0.2, 0.25) is 0 Å². The van der Waals surface area contributed by atoms with Gasteiger partial charge >= 0.3 is 0 Å². The molecule has 0 saturated carbocycles. The van der Waals surface area contributed by atoms with Gasteiger partial charge in [-0.15, -0.1) is 5.10 Å². The summed E-state index contributed by atoms with van der Waals surface area (Å²) >= 11 is 0. The van der Waals surface area contributed by atoms with Crippen molar-refractivity contribution in [3.63, 3.8) is 0 Å². The Hall–Kier alpha value is -2.21. The standard InChI is InChI=1S/C12H15N5O/c13-11(10-4-2-1-3-5-10)12(18)14-6-8-17-9-7-15-16-17/h1-5,7,9,11H,6,8,13H2,(H,14,18)/t11-/m0/s1. The summed E-state index contributed by atoms with van der Waals surface area (Å²) in [7, 11) is 0. The Morgan fingerprint density at radius 2 is 2.17 bits per heavy atom. The number of hydrogen-bond acceptors (Lipinski definition) is 4. The number of nitrogens with one attached hydrogen (secondary N) is 1. The number of carbonyl (C=O) groups is 1. The van der Waals surface area contributed by atoms with E-state index in [1.807, 2.05) is 30.3 Å². The lowest BCUT2D eigenvalue weighted by Gasteiger charge is -2.12. The van der Waals surface area contributed by atoms with Crippen molar-refractivity contribution in [2.45, 2.75) is 12.6 Å². The van der Waals surface area contributed by atoms with E-state index in [9.17, 15) is 4.79 Å². The molecule has 0 saturated heterocycles. The number of rotatable bonds is 5. The SMILES string of the molecule is N[C@H](C(=O)NCCn1ccnn1)c1ccccc1. The fraction of sp³-hybridized carbons (Fsp3) is 0.250. The zero-order valence-corrected chi connectivity index (χ0v) is 9.86. The normalized spacial score (nSPS) is 12.1. The van der Waals surface area contributed by atoms with Gasteiger partial charge in [-0.1, -0.05) is 35.5 Å². The van der Waals surface area contributed by atoms with Gasteiger partial charge in [0.1, 0.15) is 6.04 Å². The number of benzene rings is 1. The molecule has 18 heavy (non-hydrogen) atoms. The Balaban J connectivity index is 1.81. The Morgan fingerprint density at radius 3 is 2.83 bits per heavy atom. The minimum absolute atomic E-state index is 0.193.